The van der Waals surface area contributed by atoms with Crippen LogP contribution in [0.15, 0.2) is 10.9 Å². The summed E-state index contributed by atoms with van der Waals surface area (Å²) in [5, 5.41) is 15.3. The van der Waals surface area contributed by atoms with Crippen LogP contribution in [0.1, 0.15) is 37.4 Å². The number of hydrogen-bond acceptors (Lipinski definition) is 4. The number of amides is 1. The number of hydrogen-bond donors (Lipinski definition) is 2. The zero-order valence-corrected chi connectivity index (χ0v) is 12.0. The van der Waals surface area contributed by atoms with E-state index in [2.05, 4.69) is 10.4 Å². The summed E-state index contributed by atoms with van der Waals surface area (Å²) in [6.07, 6.45) is 4.85. The molecule has 114 valence electrons. The molecule has 0 aliphatic heterocycles. The number of fused-ring (bicyclic) bond motifs is 1. The second-order valence-electron chi connectivity index (χ2n) is 5.30. The van der Waals surface area contributed by atoms with Crippen LogP contribution < -0.4 is 10.9 Å². The van der Waals surface area contributed by atoms with Crippen molar-refractivity contribution >= 4 is 11.9 Å². The maximum absolute atomic E-state index is 12.0. The number of carbonyl (C=O) groups is 2. The van der Waals surface area contributed by atoms with Crippen molar-refractivity contribution in [1.29, 1.82) is 0 Å². The Bertz CT molecular complexity index is 609. The SMILES string of the molecule is C[C@H](NC(=O)Cn1nc2c(cc1=O)CCCCC2)C(=O)O. The molecule has 7 heteroatoms. The molecule has 1 aromatic heterocycles. The van der Waals surface area contributed by atoms with Crippen molar-refractivity contribution in [2.75, 3.05) is 0 Å². The van der Waals surface area contributed by atoms with E-state index in [0.29, 0.717) is 0 Å². The van der Waals surface area contributed by atoms with E-state index in [4.69, 9.17) is 5.11 Å². The van der Waals surface area contributed by atoms with Gasteiger partial charge < -0.3 is 10.4 Å². The third kappa shape index (κ3) is 3.90. The van der Waals surface area contributed by atoms with Crippen LogP contribution in [0.25, 0.3) is 0 Å². The number of nitrogens with one attached hydrogen (secondary N) is 1. The lowest BCUT2D eigenvalue weighted by Gasteiger charge is -2.12. The fraction of sp³-hybridized carbons (Fsp3) is 0.571. The minimum Gasteiger partial charge on any atom is -0.480 e. The number of carboxylic acids is 1. The lowest BCUT2D eigenvalue weighted by molar-refractivity contribution is -0.141. The topological polar surface area (TPSA) is 101 Å². The summed E-state index contributed by atoms with van der Waals surface area (Å²) in [6, 6.07) is 0.552. The van der Waals surface area contributed by atoms with Crippen LogP contribution in [0.3, 0.4) is 0 Å². The number of carboxylic acid groups (broad SMARTS) is 1. The molecule has 21 heavy (non-hydrogen) atoms. The number of aryl methyl sites for hydroxylation is 2. The van der Waals surface area contributed by atoms with Gasteiger partial charge in [0.1, 0.15) is 12.6 Å². The van der Waals surface area contributed by atoms with Crippen molar-refractivity contribution in [3.05, 3.63) is 27.7 Å². The molecule has 0 aromatic carbocycles. The number of aromatic nitrogens is 2. The van der Waals surface area contributed by atoms with Crippen LogP contribution in [0.4, 0.5) is 0 Å². The normalized spacial score (nSPS) is 15.7. The third-order valence-electron chi connectivity index (χ3n) is 3.57. The molecular formula is C14H19N3O4. The summed E-state index contributed by atoms with van der Waals surface area (Å²) in [5.74, 6) is -1.65. The average molecular weight is 293 g/mol. The standard InChI is InChI=1S/C14H19N3O4/c1-9(14(20)21)15-12(18)8-17-13(19)7-10-5-3-2-4-6-11(10)16-17/h7,9H,2-6,8H2,1H3,(H,15,18)(H,20,21)/t9-/m0/s1. The van der Waals surface area contributed by atoms with E-state index in [1.807, 2.05) is 0 Å². The highest BCUT2D eigenvalue weighted by atomic mass is 16.4. The molecule has 1 aromatic rings. The molecule has 0 radical (unpaired) electrons. The zero-order chi connectivity index (χ0) is 15.4. The van der Waals surface area contributed by atoms with Crippen LogP contribution in [-0.2, 0) is 29.0 Å². The van der Waals surface area contributed by atoms with Crippen molar-refractivity contribution in [3.63, 3.8) is 0 Å². The number of aliphatic carboxylic acids is 1. The van der Waals surface area contributed by atoms with Crippen LogP contribution in [0.5, 0.6) is 0 Å². The largest absolute Gasteiger partial charge is 0.480 e. The van der Waals surface area contributed by atoms with E-state index in [0.717, 1.165) is 48.0 Å². The molecule has 0 unspecified atom stereocenters. The maximum Gasteiger partial charge on any atom is 0.325 e. The smallest absolute Gasteiger partial charge is 0.325 e. The minimum absolute atomic E-state index is 0.260. The Hall–Kier alpha value is -2.18. The van der Waals surface area contributed by atoms with Crippen molar-refractivity contribution in [1.82, 2.24) is 15.1 Å². The van der Waals surface area contributed by atoms with Gasteiger partial charge in [0.15, 0.2) is 0 Å². The van der Waals surface area contributed by atoms with Gasteiger partial charge in [0.25, 0.3) is 5.56 Å². The second kappa shape index (κ2) is 6.51. The molecule has 1 heterocycles. The Labute approximate surface area is 122 Å². The first-order chi connectivity index (χ1) is 9.97. The monoisotopic (exact) mass is 293 g/mol. The summed E-state index contributed by atoms with van der Waals surface area (Å²) in [6.45, 7) is 1.11. The lowest BCUT2D eigenvalue weighted by Crippen LogP contribution is -2.42. The molecule has 1 atom stereocenters. The first-order valence-corrected chi connectivity index (χ1v) is 7.09. The predicted octanol–water partition coefficient (Wildman–Crippen LogP) is 0.101. The van der Waals surface area contributed by atoms with Gasteiger partial charge in [0, 0.05) is 6.07 Å². The second-order valence-corrected chi connectivity index (χ2v) is 5.30. The molecule has 2 rings (SSSR count). The van der Waals surface area contributed by atoms with Crippen molar-refractivity contribution in [3.8, 4) is 0 Å². The van der Waals surface area contributed by atoms with Crippen LogP contribution in [-0.4, -0.2) is 32.8 Å². The van der Waals surface area contributed by atoms with Gasteiger partial charge in [0.2, 0.25) is 5.91 Å². The predicted molar refractivity (Wildman–Crippen MR) is 75.0 cm³/mol. The number of carbonyl (C=O) groups excluding carboxylic acids is 1. The highest BCUT2D eigenvalue weighted by Gasteiger charge is 2.17. The first kappa shape index (κ1) is 15.2. The van der Waals surface area contributed by atoms with Crippen LogP contribution >= 0.6 is 0 Å². The highest BCUT2D eigenvalue weighted by Crippen LogP contribution is 2.16. The van der Waals surface area contributed by atoms with Gasteiger partial charge in [-0.1, -0.05) is 6.42 Å². The molecule has 7 nitrogen and oxygen atoms in total. The fourth-order valence-corrected chi connectivity index (χ4v) is 2.38. The molecule has 0 bridgehead atoms. The fourth-order valence-electron chi connectivity index (χ4n) is 2.38. The maximum atomic E-state index is 12.0. The Morgan fingerprint density at radius 3 is 2.81 bits per heavy atom. The Morgan fingerprint density at radius 2 is 2.10 bits per heavy atom. The summed E-state index contributed by atoms with van der Waals surface area (Å²) < 4.78 is 1.11. The van der Waals surface area contributed by atoms with E-state index >= 15 is 0 Å². The van der Waals surface area contributed by atoms with Gasteiger partial charge in [-0.2, -0.15) is 5.10 Å². The Kier molecular flexibility index (Phi) is 4.72. The van der Waals surface area contributed by atoms with Gasteiger partial charge in [-0.05, 0) is 38.2 Å². The first-order valence-electron chi connectivity index (χ1n) is 7.09. The number of rotatable bonds is 4. The average Bonchev–Trinajstić information content (AvgIpc) is 2.63. The van der Waals surface area contributed by atoms with E-state index < -0.39 is 17.9 Å². The molecule has 0 saturated carbocycles. The van der Waals surface area contributed by atoms with Crippen molar-refractivity contribution in [2.45, 2.75) is 51.6 Å². The minimum atomic E-state index is -1.12. The van der Waals surface area contributed by atoms with Gasteiger partial charge in [-0.15, -0.1) is 0 Å². The molecule has 1 aliphatic rings. The van der Waals surface area contributed by atoms with E-state index in [-0.39, 0.29) is 12.1 Å². The molecule has 2 N–H and O–H groups in total. The van der Waals surface area contributed by atoms with Gasteiger partial charge in [-0.3, -0.25) is 14.4 Å². The quantitative estimate of drug-likeness (QED) is 0.767. The lowest BCUT2D eigenvalue weighted by atomic mass is 10.1. The van der Waals surface area contributed by atoms with Gasteiger partial charge >= 0.3 is 5.97 Å². The van der Waals surface area contributed by atoms with Crippen molar-refractivity contribution < 1.29 is 14.7 Å². The summed E-state index contributed by atoms with van der Waals surface area (Å²) in [7, 11) is 0. The summed E-state index contributed by atoms with van der Waals surface area (Å²) >= 11 is 0. The van der Waals surface area contributed by atoms with Gasteiger partial charge in [0.05, 0.1) is 5.69 Å². The number of nitrogens with zero attached hydrogens (tertiary/aromatic N) is 2. The Balaban J connectivity index is 2.13. The third-order valence-corrected chi connectivity index (χ3v) is 3.57. The molecule has 0 saturated heterocycles. The van der Waals surface area contributed by atoms with Crippen LogP contribution in [0, 0.1) is 0 Å². The van der Waals surface area contributed by atoms with Crippen molar-refractivity contribution in [2.24, 2.45) is 0 Å². The molecule has 1 amide bonds. The highest BCUT2D eigenvalue weighted by molar-refractivity contribution is 5.82. The van der Waals surface area contributed by atoms with Crippen LogP contribution in [0.2, 0.25) is 0 Å². The van der Waals surface area contributed by atoms with E-state index in [9.17, 15) is 14.4 Å². The summed E-state index contributed by atoms with van der Waals surface area (Å²) in [5.41, 5.74) is 1.51. The van der Waals surface area contributed by atoms with E-state index in [1.54, 1.807) is 6.07 Å². The Morgan fingerprint density at radius 1 is 1.38 bits per heavy atom. The molecular weight excluding hydrogens is 274 g/mol. The molecule has 1 aliphatic carbocycles. The zero-order valence-electron chi connectivity index (χ0n) is 12.0. The van der Waals surface area contributed by atoms with E-state index in [1.165, 1.54) is 6.92 Å². The molecule has 0 spiro atoms. The molecule has 0 fully saturated rings. The summed E-state index contributed by atoms with van der Waals surface area (Å²) in [4.78, 5) is 34.4. The van der Waals surface area contributed by atoms with Gasteiger partial charge in [-0.25, -0.2) is 4.68 Å².